The number of benzene rings is 2. The van der Waals surface area contributed by atoms with Crippen molar-refractivity contribution in [3.63, 3.8) is 0 Å². The van der Waals surface area contributed by atoms with Gasteiger partial charge in [-0.2, -0.15) is 0 Å². The van der Waals surface area contributed by atoms with E-state index in [9.17, 15) is 18.0 Å². The highest BCUT2D eigenvalue weighted by Gasteiger charge is 2.30. The standard InChI is InChI=1S/C26H34Cl3N3O5S/c1-5-14-30-26(34)23(6-2)31(17-19-20(27)9-7-10-21(19)28)25(33)11-8-15-32(38(4,35)36)18-12-13-24(37-3)22(29)16-18/h7,9-10,12-13,16,23H,5-6,8,11,14-15,17H2,1-4H3,(H,30,34)/t23-/m1/s1. The zero-order chi connectivity index (χ0) is 28.5. The van der Waals surface area contributed by atoms with Gasteiger partial charge >= 0.3 is 0 Å². The van der Waals surface area contributed by atoms with Crippen LogP contribution in [0.5, 0.6) is 5.75 Å². The lowest BCUT2D eigenvalue weighted by Crippen LogP contribution is -2.49. The Morgan fingerprint density at radius 3 is 2.24 bits per heavy atom. The molecule has 0 fully saturated rings. The second-order valence-corrected chi connectivity index (χ2v) is 11.8. The molecule has 0 aliphatic carbocycles. The molecule has 1 atom stereocenters. The van der Waals surface area contributed by atoms with Crippen LogP contribution < -0.4 is 14.4 Å². The lowest BCUT2D eigenvalue weighted by molar-refractivity contribution is -0.141. The van der Waals surface area contributed by atoms with Gasteiger partial charge < -0.3 is 15.0 Å². The normalized spacial score (nSPS) is 12.1. The summed E-state index contributed by atoms with van der Waals surface area (Å²) in [4.78, 5) is 27.9. The Kier molecular flexibility index (Phi) is 12.5. The van der Waals surface area contributed by atoms with Crippen LogP contribution in [-0.2, 0) is 26.2 Å². The smallest absolute Gasteiger partial charge is 0.242 e. The van der Waals surface area contributed by atoms with Crippen LogP contribution in [0.1, 0.15) is 45.1 Å². The summed E-state index contributed by atoms with van der Waals surface area (Å²) in [7, 11) is -2.20. The van der Waals surface area contributed by atoms with Gasteiger partial charge in [-0.05, 0) is 49.6 Å². The van der Waals surface area contributed by atoms with Gasteiger partial charge in [0.1, 0.15) is 11.8 Å². The highest BCUT2D eigenvalue weighted by atomic mass is 35.5. The van der Waals surface area contributed by atoms with E-state index in [0.717, 1.165) is 12.7 Å². The molecule has 38 heavy (non-hydrogen) atoms. The van der Waals surface area contributed by atoms with Gasteiger partial charge in [-0.15, -0.1) is 0 Å². The average Bonchev–Trinajstić information content (AvgIpc) is 2.85. The maximum Gasteiger partial charge on any atom is 0.242 e. The van der Waals surface area contributed by atoms with Crippen molar-refractivity contribution in [2.24, 2.45) is 0 Å². The molecule has 8 nitrogen and oxygen atoms in total. The Morgan fingerprint density at radius 1 is 1.05 bits per heavy atom. The number of carbonyl (C=O) groups excluding carboxylic acids is 2. The van der Waals surface area contributed by atoms with E-state index < -0.39 is 16.1 Å². The van der Waals surface area contributed by atoms with Crippen molar-refractivity contribution >= 4 is 62.3 Å². The third-order valence-electron chi connectivity index (χ3n) is 5.90. The number of amides is 2. The zero-order valence-corrected chi connectivity index (χ0v) is 25.1. The molecule has 0 saturated carbocycles. The van der Waals surface area contributed by atoms with Crippen LogP contribution in [0, 0.1) is 0 Å². The molecule has 1 N–H and O–H groups in total. The molecule has 0 aromatic heterocycles. The fraction of sp³-hybridized carbons (Fsp3) is 0.462. The quantitative estimate of drug-likeness (QED) is 0.305. The van der Waals surface area contributed by atoms with Gasteiger partial charge in [0.05, 0.1) is 24.1 Å². The topological polar surface area (TPSA) is 96.0 Å². The number of halogens is 3. The maximum absolute atomic E-state index is 13.5. The summed E-state index contributed by atoms with van der Waals surface area (Å²) in [5.41, 5.74) is 0.896. The van der Waals surface area contributed by atoms with E-state index in [2.05, 4.69) is 5.32 Å². The van der Waals surface area contributed by atoms with Crippen LogP contribution >= 0.6 is 34.8 Å². The van der Waals surface area contributed by atoms with Crippen LogP contribution in [0.3, 0.4) is 0 Å². The minimum Gasteiger partial charge on any atom is -0.495 e. The summed E-state index contributed by atoms with van der Waals surface area (Å²) >= 11 is 18.9. The van der Waals surface area contributed by atoms with E-state index in [1.165, 1.54) is 22.4 Å². The summed E-state index contributed by atoms with van der Waals surface area (Å²) in [6.45, 7) is 4.32. The van der Waals surface area contributed by atoms with Crippen LogP contribution in [0.4, 0.5) is 5.69 Å². The molecule has 2 amide bonds. The van der Waals surface area contributed by atoms with E-state index in [4.69, 9.17) is 39.5 Å². The summed E-state index contributed by atoms with van der Waals surface area (Å²) in [6, 6.07) is 8.98. The summed E-state index contributed by atoms with van der Waals surface area (Å²) in [5, 5.41) is 3.90. The lowest BCUT2D eigenvalue weighted by Gasteiger charge is -2.31. The maximum atomic E-state index is 13.5. The molecule has 2 aromatic carbocycles. The van der Waals surface area contributed by atoms with E-state index in [-0.39, 0.29) is 42.8 Å². The molecule has 0 bridgehead atoms. The third kappa shape index (κ3) is 8.66. The zero-order valence-electron chi connectivity index (χ0n) is 22.0. The van der Waals surface area contributed by atoms with E-state index in [1.807, 2.05) is 13.8 Å². The Labute approximate surface area is 240 Å². The molecule has 0 radical (unpaired) electrons. The van der Waals surface area contributed by atoms with Crippen molar-refractivity contribution < 1.29 is 22.7 Å². The number of sulfonamides is 1. The summed E-state index contributed by atoms with van der Waals surface area (Å²) < 4.78 is 31.4. The molecule has 12 heteroatoms. The van der Waals surface area contributed by atoms with Gasteiger partial charge in [0.2, 0.25) is 21.8 Å². The first-order chi connectivity index (χ1) is 17.9. The highest BCUT2D eigenvalue weighted by molar-refractivity contribution is 7.92. The molecule has 0 aliphatic rings. The molecule has 210 valence electrons. The Morgan fingerprint density at radius 2 is 1.71 bits per heavy atom. The number of methoxy groups -OCH3 is 1. The van der Waals surface area contributed by atoms with Crippen LogP contribution in [0.25, 0.3) is 0 Å². The van der Waals surface area contributed by atoms with Crippen molar-refractivity contribution in [3.05, 3.63) is 57.0 Å². The SMILES string of the molecule is CCCNC(=O)[C@@H](CC)N(Cc1c(Cl)cccc1Cl)C(=O)CCCN(c1ccc(OC)c(Cl)c1)S(C)(=O)=O. The second-order valence-electron chi connectivity index (χ2n) is 8.69. The Balaban J connectivity index is 2.28. The number of nitrogens with one attached hydrogen (secondary N) is 1. The second kappa shape index (κ2) is 14.8. The van der Waals surface area contributed by atoms with Crippen LogP contribution in [0.15, 0.2) is 36.4 Å². The van der Waals surface area contributed by atoms with Gasteiger partial charge in [-0.1, -0.05) is 54.7 Å². The monoisotopic (exact) mass is 605 g/mol. The number of rotatable bonds is 14. The van der Waals surface area contributed by atoms with E-state index in [1.54, 1.807) is 30.3 Å². The fourth-order valence-corrected chi connectivity index (χ4v) is 5.68. The molecule has 0 unspecified atom stereocenters. The Hall–Kier alpha value is -2.20. The molecular formula is C26H34Cl3N3O5S. The first-order valence-electron chi connectivity index (χ1n) is 12.3. The third-order valence-corrected chi connectivity index (χ3v) is 8.10. The van der Waals surface area contributed by atoms with Gasteiger partial charge in [0.15, 0.2) is 0 Å². The predicted octanol–water partition coefficient (Wildman–Crippen LogP) is 5.54. The molecule has 0 heterocycles. The predicted molar refractivity (Wildman–Crippen MR) is 154 cm³/mol. The largest absolute Gasteiger partial charge is 0.495 e. The van der Waals surface area contributed by atoms with Crippen molar-refractivity contribution in [2.75, 3.05) is 30.8 Å². The number of ether oxygens (including phenoxy) is 1. The van der Waals surface area contributed by atoms with Crippen LogP contribution in [0.2, 0.25) is 15.1 Å². The molecule has 0 saturated heterocycles. The summed E-state index contributed by atoms with van der Waals surface area (Å²) in [6.07, 6.45) is 2.42. The average molecular weight is 607 g/mol. The van der Waals surface area contributed by atoms with Gasteiger partial charge in [0.25, 0.3) is 0 Å². The minimum atomic E-state index is -3.67. The van der Waals surface area contributed by atoms with Crippen molar-refractivity contribution in [3.8, 4) is 5.75 Å². The van der Waals surface area contributed by atoms with Crippen molar-refractivity contribution in [2.45, 2.75) is 52.1 Å². The van der Waals surface area contributed by atoms with E-state index in [0.29, 0.717) is 40.0 Å². The van der Waals surface area contributed by atoms with Crippen molar-refractivity contribution in [1.29, 1.82) is 0 Å². The Bertz CT molecular complexity index is 1210. The molecule has 2 rings (SSSR count). The first-order valence-corrected chi connectivity index (χ1v) is 15.2. The minimum absolute atomic E-state index is 0.00443. The number of hydrogen-bond donors (Lipinski definition) is 1. The van der Waals surface area contributed by atoms with Crippen LogP contribution in [-0.4, -0.2) is 57.6 Å². The highest BCUT2D eigenvalue weighted by Crippen LogP contribution is 2.31. The van der Waals surface area contributed by atoms with Gasteiger partial charge in [0, 0.05) is 41.7 Å². The number of carbonyl (C=O) groups is 2. The lowest BCUT2D eigenvalue weighted by atomic mass is 10.1. The first kappa shape index (κ1) is 32.0. The number of anilines is 1. The molecule has 0 aliphatic heterocycles. The van der Waals surface area contributed by atoms with Gasteiger partial charge in [-0.3, -0.25) is 13.9 Å². The fourth-order valence-electron chi connectivity index (χ4n) is 3.95. The molecular weight excluding hydrogens is 573 g/mol. The van der Waals surface area contributed by atoms with E-state index >= 15 is 0 Å². The summed E-state index contributed by atoms with van der Waals surface area (Å²) in [5.74, 6) is -0.169. The number of nitrogens with zero attached hydrogens (tertiary/aromatic N) is 2. The van der Waals surface area contributed by atoms with Gasteiger partial charge in [-0.25, -0.2) is 8.42 Å². The molecule has 0 spiro atoms. The molecule has 2 aromatic rings. The van der Waals surface area contributed by atoms with Crippen molar-refractivity contribution in [1.82, 2.24) is 10.2 Å². The number of hydrogen-bond acceptors (Lipinski definition) is 5.